The summed E-state index contributed by atoms with van der Waals surface area (Å²) in [5.74, 6) is 0.140. The third-order valence-electron chi connectivity index (χ3n) is 2.52. The standard InChI is InChI=1S/C12H18FNO3S/c1-4-18(15,16)8-9(2)14-12-7-10(17-3)5-6-11(12)13/h5-7,9,14H,4,8H2,1-3H3. The SMILES string of the molecule is CCS(=O)(=O)CC(C)Nc1cc(OC)ccc1F. The minimum atomic E-state index is -3.08. The van der Waals surface area contributed by atoms with Gasteiger partial charge in [-0.3, -0.25) is 0 Å². The van der Waals surface area contributed by atoms with Crippen molar-refractivity contribution in [2.75, 3.05) is 23.9 Å². The first-order valence-corrected chi connectivity index (χ1v) is 7.50. The second-order valence-corrected chi connectivity index (χ2v) is 6.49. The molecule has 0 spiro atoms. The molecule has 0 saturated heterocycles. The lowest BCUT2D eigenvalue weighted by atomic mass is 10.2. The van der Waals surface area contributed by atoms with Crippen molar-refractivity contribution in [1.82, 2.24) is 0 Å². The van der Waals surface area contributed by atoms with Gasteiger partial charge in [-0.1, -0.05) is 6.92 Å². The Morgan fingerprint density at radius 2 is 2.11 bits per heavy atom. The highest BCUT2D eigenvalue weighted by atomic mass is 32.2. The Morgan fingerprint density at radius 3 is 2.67 bits per heavy atom. The van der Waals surface area contributed by atoms with Crippen molar-refractivity contribution in [1.29, 1.82) is 0 Å². The van der Waals surface area contributed by atoms with Crippen LogP contribution in [0.5, 0.6) is 5.75 Å². The molecule has 0 radical (unpaired) electrons. The van der Waals surface area contributed by atoms with Gasteiger partial charge in [0.25, 0.3) is 0 Å². The third-order valence-corrected chi connectivity index (χ3v) is 4.41. The van der Waals surface area contributed by atoms with E-state index in [2.05, 4.69) is 5.32 Å². The molecule has 4 nitrogen and oxygen atoms in total. The Morgan fingerprint density at radius 1 is 1.44 bits per heavy atom. The van der Waals surface area contributed by atoms with Gasteiger partial charge in [0.1, 0.15) is 11.6 Å². The summed E-state index contributed by atoms with van der Waals surface area (Å²) in [6.45, 7) is 3.29. The molecule has 0 aliphatic heterocycles. The van der Waals surface area contributed by atoms with E-state index in [9.17, 15) is 12.8 Å². The first-order chi connectivity index (χ1) is 8.38. The summed E-state index contributed by atoms with van der Waals surface area (Å²) in [6, 6.07) is 3.93. The summed E-state index contributed by atoms with van der Waals surface area (Å²) >= 11 is 0. The van der Waals surface area contributed by atoms with Gasteiger partial charge in [-0.05, 0) is 19.1 Å². The summed E-state index contributed by atoms with van der Waals surface area (Å²) in [5, 5.41) is 2.84. The fourth-order valence-electron chi connectivity index (χ4n) is 1.55. The average Bonchev–Trinajstić information content (AvgIpc) is 2.31. The summed E-state index contributed by atoms with van der Waals surface area (Å²) in [6.07, 6.45) is 0. The van der Waals surface area contributed by atoms with Crippen molar-refractivity contribution in [3.8, 4) is 5.75 Å². The molecule has 0 heterocycles. The van der Waals surface area contributed by atoms with Gasteiger partial charge in [0.2, 0.25) is 0 Å². The minimum Gasteiger partial charge on any atom is -0.497 e. The number of ether oxygens (including phenoxy) is 1. The van der Waals surface area contributed by atoms with E-state index in [4.69, 9.17) is 4.74 Å². The van der Waals surface area contributed by atoms with Gasteiger partial charge in [0.05, 0.1) is 18.6 Å². The number of hydrogen-bond donors (Lipinski definition) is 1. The van der Waals surface area contributed by atoms with Crippen molar-refractivity contribution in [2.45, 2.75) is 19.9 Å². The summed E-state index contributed by atoms with van der Waals surface area (Å²) in [7, 11) is -1.60. The number of methoxy groups -OCH3 is 1. The first-order valence-electron chi connectivity index (χ1n) is 5.68. The van der Waals surface area contributed by atoms with Crippen molar-refractivity contribution in [3.05, 3.63) is 24.0 Å². The molecule has 1 rings (SSSR count). The van der Waals surface area contributed by atoms with Gasteiger partial charge >= 0.3 is 0 Å². The zero-order valence-corrected chi connectivity index (χ0v) is 11.6. The van der Waals surface area contributed by atoms with Crippen LogP contribution in [0.15, 0.2) is 18.2 Å². The molecule has 0 amide bonds. The Hall–Kier alpha value is -1.30. The topological polar surface area (TPSA) is 55.4 Å². The van der Waals surface area contributed by atoms with E-state index in [0.29, 0.717) is 5.75 Å². The molecule has 0 fully saturated rings. The number of sulfone groups is 1. The number of anilines is 1. The second-order valence-electron chi connectivity index (χ2n) is 4.09. The van der Waals surface area contributed by atoms with Gasteiger partial charge in [-0.2, -0.15) is 0 Å². The van der Waals surface area contributed by atoms with Crippen LogP contribution in [0.2, 0.25) is 0 Å². The zero-order chi connectivity index (χ0) is 13.8. The Balaban J connectivity index is 2.78. The number of rotatable bonds is 6. The normalized spacial score (nSPS) is 13.1. The highest BCUT2D eigenvalue weighted by Crippen LogP contribution is 2.21. The van der Waals surface area contributed by atoms with Crippen LogP contribution in [0.25, 0.3) is 0 Å². The molecule has 6 heteroatoms. The van der Waals surface area contributed by atoms with Crippen molar-refractivity contribution in [3.63, 3.8) is 0 Å². The number of nitrogens with one attached hydrogen (secondary N) is 1. The molecule has 0 aromatic heterocycles. The molecule has 0 saturated carbocycles. The molecule has 1 unspecified atom stereocenters. The molecule has 0 bridgehead atoms. The minimum absolute atomic E-state index is 0.0276. The summed E-state index contributed by atoms with van der Waals surface area (Å²) in [5.41, 5.74) is 0.244. The first kappa shape index (κ1) is 14.8. The van der Waals surface area contributed by atoms with Crippen LogP contribution in [0.1, 0.15) is 13.8 Å². The van der Waals surface area contributed by atoms with Crippen molar-refractivity contribution in [2.24, 2.45) is 0 Å². The molecule has 102 valence electrons. The molecule has 1 N–H and O–H groups in total. The number of halogens is 1. The Labute approximate surface area is 107 Å². The van der Waals surface area contributed by atoms with E-state index in [1.54, 1.807) is 13.8 Å². The van der Waals surface area contributed by atoms with Gasteiger partial charge in [-0.15, -0.1) is 0 Å². The van der Waals surface area contributed by atoms with E-state index in [1.165, 1.54) is 25.3 Å². The molecule has 0 aliphatic rings. The molecule has 1 aromatic carbocycles. The predicted molar refractivity (Wildman–Crippen MR) is 70.4 cm³/mol. The van der Waals surface area contributed by atoms with Crippen LogP contribution >= 0.6 is 0 Å². The highest BCUT2D eigenvalue weighted by Gasteiger charge is 2.15. The van der Waals surface area contributed by atoms with Crippen LogP contribution in [0.3, 0.4) is 0 Å². The van der Waals surface area contributed by atoms with Crippen molar-refractivity contribution >= 4 is 15.5 Å². The smallest absolute Gasteiger partial charge is 0.152 e. The van der Waals surface area contributed by atoms with Gasteiger partial charge in [-0.25, -0.2) is 12.8 Å². The Kier molecular flexibility index (Phi) is 4.95. The molecular weight excluding hydrogens is 257 g/mol. The zero-order valence-electron chi connectivity index (χ0n) is 10.7. The molecular formula is C12H18FNO3S. The molecule has 1 aromatic rings. The second kappa shape index (κ2) is 6.04. The predicted octanol–water partition coefficient (Wildman–Crippen LogP) is 2.07. The summed E-state index contributed by atoms with van der Waals surface area (Å²) in [4.78, 5) is 0. The maximum Gasteiger partial charge on any atom is 0.152 e. The lowest BCUT2D eigenvalue weighted by molar-refractivity contribution is 0.414. The van der Waals surface area contributed by atoms with E-state index in [0.717, 1.165) is 0 Å². The largest absolute Gasteiger partial charge is 0.497 e. The Bertz CT molecular complexity index is 502. The van der Waals surface area contributed by atoms with Crippen LogP contribution < -0.4 is 10.1 Å². The highest BCUT2D eigenvalue weighted by molar-refractivity contribution is 7.91. The average molecular weight is 275 g/mol. The number of benzene rings is 1. The van der Waals surface area contributed by atoms with Gasteiger partial charge in [0.15, 0.2) is 9.84 Å². The molecule has 0 aliphatic carbocycles. The van der Waals surface area contributed by atoms with Crippen LogP contribution in [0, 0.1) is 5.82 Å². The van der Waals surface area contributed by atoms with Crippen molar-refractivity contribution < 1.29 is 17.5 Å². The molecule has 1 atom stereocenters. The van der Waals surface area contributed by atoms with Crippen LogP contribution in [-0.4, -0.2) is 33.1 Å². The van der Waals surface area contributed by atoms with Crippen LogP contribution in [0.4, 0.5) is 10.1 Å². The van der Waals surface area contributed by atoms with E-state index in [-0.39, 0.29) is 23.2 Å². The van der Waals surface area contributed by atoms with Gasteiger partial charge in [0, 0.05) is 17.9 Å². The lowest BCUT2D eigenvalue weighted by Gasteiger charge is -2.16. The summed E-state index contributed by atoms with van der Waals surface area (Å²) < 4.78 is 41.4. The fraction of sp³-hybridized carbons (Fsp3) is 0.500. The quantitative estimate of drug-likeness (QED) is 0.863. The lowest BCUT2D eigenvalue weighted by Crippen LogP contribution is -2.27. The van der Waals surface area contributed by atoms with Crippen LogP contribution in [-0.2, 0) is 9.84 Å². The van der Waals surface area contributed by atoms with E-state index < -0.39 is 15.7 Å². The maximum atomic E-state index is 13.5. The molecule has 18 heavy (non-hydrogen) atoms. The monoisotopic (exact) mass is 275 g/mol. The third kappa shape index (κ3) is 4.18. The van der Waals surface area contributed by atoms with E-state index >= 15 is 0 Å². The number of hydrogen-bond acceptors (Lipinski definition) is 4. The van der Waals surface area contributed by atoms with Gasteiger partial charge < -0.3 is 10.1 Å². The fourth-order valence-corrected chi connectivity index (χ4v) is 2.63. The van der Waals surface area contributed by atoms with E-state index in [1.807, 2.05) is 0 Å². The maximum absolute atomic E-state index is 13.5.